The number of aromatic hydroxyl groups is 1. The van der Waals surface area contributed by atoms with Gasteiger partial charge < -0.3 is 15.3 Å². The van der Waals surface area contributed by atoms with E-state index in [2.05, 4.69) is 5.32 Å². The normalized spacial score (nSPS) is 10.4. The molecular formula is C18H14N4O2. The van der Waals surface area contributed by atoms with E-state index in [-0.39, 0.29) is 11.3 Å². The summed E-state index contributed by atoms with van der Waals surface area (Å²) in [4.78, 5) is 13.8. The number of nitrogens with one attached hydrogen (secondary N) is 1. The molecule has 0 spiro atoms. The summed E-state index contributed by atoms with van der Waals surface area (Å²) in [7, 11) is 1.68. The van der Waals surface area contributed by atoms with Crippen LogP contribution in [0.2, 0.25) is 0 Å². The first-order valence-electron chi connectivity index (χ1n) is 6.99. The molecule has 118 valence electrons. The highest BCUT2D eigenvalue weighted by molar-refractivity contribution is 6.07. The van der Waals surface area contributed by atoms with Gasteiger partial charge in [-0.2, -0.15) is 10.5 Å². The number of carbonyl (C=O) groups is 1. The maximum Gasteiger partial charge on any atom is 0.267 e. The number of hydrogen-bond donors (Lipinski definition) is 2. The molecule has 0 radical (unpaired) electrons. The second-order valence-corrected chi connectivity index (χ2v) is 4.89. The van der Waals surface area contributed by atoms with Crippen molar-refractivity contribution in [1.29, 1.82) is 10.5 Å². The number of para-hydroxylation sites is 1. The van der Waals surface area contributed by atoms with E-state index in [1.54, 1.807) is 48.3 Å². The van der Waals surface area contributed by atoms with Gasteiger partial charge in [-0.15, -0.1) is 0 Å². The predicted octanol–water partition coefficient (Wildman–Crippen LogP) is 2.75. The van der Waals surface area contributed by atoms with Crippen LogP contribution in [0.25, 0.3) is 0 Å². The van der Waals surface area contributed by atoms with Gasteiger partial charge in [0.2, 0.25) is 0 Å². The van der Waals surface area contributed by atoms with Crippen molar-refractivity contribution in [3.8, 4) is 17.9 Å². The Labute approximate surface area is 139 Å². The van der Waals surface area contributed by atoms with E-state index in [0.29, 0.717) is 16.9 Å². The van der Waals surface area contributed by atoms with Crippen molar-refractivity contribution in [3.05, 3.63) is 65.9 Å². The smallest absolute Gasteiger partial charge is 0.267 e. The molecule has 0 unspecified atom stereocenters. The molecule has 2 aromatic rings. The second-order valence-electron chi connectivity index (χ2n) is 4.89. The zero-order chi connectivity index (χ0) is 17.5. The highest BCUT2D eigenvalue weighted by Gasteiger charge is 2.13. The zero-order valence-corrected chi connectivity index (χ0v) is 12.9. The molecule has 0 saturated carbocycles. The monoisotopic (exact) mass is 318 g/mol. The SMILES string of the molecule is CN(/C=C(/C#N)C(=O)Nc1ccccc1C#N)c1ccc(O)cc1. The van der Waals surface area contributed by atoms with Crippen molar-refractivity contribution < 1.29 is 9.90 Å². The highest BCUT2D eigenvalue weighted by atomic mass is 16.3. The van der Waals surface area contributed by atoms with E-state index in [9.17, 15) is 15.2 Å². The predicted molar refractivity (Wildman–Crippen MR) is 90.0 cm³/mol. The number of rotatable bonds is 4. The summed E-state index contributed by atoms with van der Waals surface area (Å²) in [5.41, 5.74) is 1.25. The number of nitrogens with zero attached hydrogens (tertiary/aromatic N) is 3. The summed E-state index contributed by atoms with van der Waals surface area (Å²) in [6.45, 7) is 0. The molecule has 2 N–H and O–H groups in total. The molecule has 0 aliphatic carbocycles. The number of phenolic OH excluding ortho intramolecular Hbond substituents is 1. The quantitative estimate of drug-likeness (QED) is 0.667. The number of hydrogen-bond acceptors (Lipinski definition) is 5. The van der Waals surface area contributed by atoms with Gasteiger partial charge in [-0.1, -0.05) is 12.1 Å². The molecule has 0 heterocycles. The van der Waals surface area contributed by atoms with E-state index in [1.165, 1.54) is 18.3 Å². The average molecular weight is 318 g/mol. The minimum atomic E-state index is -0.606. The molecule has 2 rings (SSSR count). The third-order valence-electron chi connectivity index (χ3n) is 3.24. The van der Waals surface area contributed by atoms with Crippen LogP contribution in [0.15, 0.2) is 60.3 Å². The van der Waals surface area contributed by atoms with E-state index in [4.69, 9.17) is 5.26 Å². The summed E-state index contributed by atoms with van der Waals surface area (Å²) in [5, 5.41) is 30.1. The lowest BCUT2D eigenvalue weighted by molar-refractivity contribution is -0.112. The molecule has 0 bridgehead atoms. The maximum atomic E-state index is 12.3. The molecule has 0 fully saturated rings. The fourth-order valence-corrected chi connectivity index (χ4v) is 1.97. The third kappa shape index (κ3) is 3.90. The number of benzene rings is 2. The van der Waals surface area contributed by atoms with Crippen molar-refractivity contribution in [2.24, 2.45) is 0 Å². The Morgan fingerprint density at radius 1 is 1.17 bits per heavy atom. The summed E-state index contributed by atoms with van der Waals surface area (Å²) < 4.78 is 0. The van der Waals surface area contributed by atoms with Crippen LogP contribution in [0.3, 0.4) is 0 Å². The van der Waals surface area contributed by atoms with Crippen LogP contribution >= 0.6 is 0 Å². The number of phenols is 1. The minimum Gasteiger partial charge on any atom is -0.508 e. The average Bonchev–Trinajstić information content (AvgIpc) is 2.60. The fourth-order valence-electron chi connectivity index (χ4n) is 1.97. The molecule has 0 aromatic heterocycles. The first-order valence-corrected chi connectivity index (χ1v) is 6.99. The van der Waals surface area contributed by atoms with E-state index >= 15 is 0 Å². The fraction of sp³-hybridized carbons (Fsp3) is 0.0556. The Kier molecular flexibility index (Phi) is 5.17. The van der Waals surface area contributed by atoms with Gasteiger partial charge in [-0.05, 0) is 36.4 Å². The van der Waals surface area contributed by atoms with Crippen LogP contribution in [0.1, 0.15) is 5.56 Å². The first kappa shape index (κ1) is 16.6. The molecular weight excluding hydrogens is 304 g/mol. The van der Waals surface area contributed by atoms with Gasteiger partial charge in [0.1, 0.15) is 23.5 Å². The van der Waals surface area contributed by atoms with E-state index < -0.39 is 5.91 Å². The Bertz CT molecular complexity index is 858. The van der Waals surface area contributed by atoms with E-state index in [0.717, 1.165) is 0 Å². The zero-order valence-electron chi connectivity index (χ0n) is 12.9. The molecule has 0 saturated heterocycles. The van der Waals surface area contributed by atoms with Crippen LogP contribution in [0, 0.1) is 22.7 Å². The number of carbonyl (C=O) groups excluding carboxylic acids is 1. The molecule has 0 aliphatic heterocycles. The Morgan fingerprint density at radius 2 is 1.83 bits per heavy atom. The van der Waals surface area contributed by atoms with Crippen LogP contribution in [-0.4, -0.2) is 18.1 Å². The molecule has 6 heteroatoms. The number of amides is 1. The van der Waals surface area contributed by atoms with Crippen LogP contribution in [0.5, 0.6) is 5.75 Å². The molecule has 0 atom stereocenters. The van der Waals surface area contributed by atoms with Crippen molar-refractivity contribution >= 4 is 17.3 Å². The molecule has 0 aliphatic rings. The largest absolute Gasteiger partial charge is 0.508 e. The minimum absolute atomic E-state index is 0.113. The molecule has 24 heavy (non-hydrogen) atoms. The summed E-state index contributed by atoms with van der Waals surface area (Å²) in [6, 6.07) is 16.7. The van der Waals surface area contributed by atoms with E-state index in [1.807, 2.05) is 12.1 Å². The summed E-state index contributed by atoms with van der Waals surface area (Å²) in [6.07, 6.45) is 1.39. The van der Waals surface area contributed by atoms with Crippen molar-refractivity contribution in [3.63, 3.8) is 0 Å². The molecule has 1 amide bonds. The third-order valence-corrected chi connectivity index (χ3v) is 3.24. The van der Waals surface area contributed by atoms with Gasteiger partial charge in [0.15, 0.2) is 0 Å². The Hall–Kier alpha value is -3.77. The maximum absolute atomic E-state index is 12.3. The van der Waals surface area contributed by atoms with Crippen LogP contribution in [0.4, 0.5) is 11.4 Å². The second kappa shape index (κ2) is 7.48. The van der Waals surface area contributed by atoms with Crippen molar-refractivity contribution in [2.45, 2.75) is 0 Å². The lowest BCUT2D eigenvalue weighted by Crippen LogP contribution is -2.18. The van der Waals surface area contributed by atoms with Crippen molar-refractivity contribution in [2.75, 3.05) is 17.3 Å². The summed E-state index contributed by atoms with van der Waals surface area (Å²) >= 11 is 0. The topological polar surface area (TPSA) is 100 Å². The van der Waals surface area contributed by atoms with Crippen LogP contribution in [-0.2, 0) is 4.79 Å². The number of nitriles is 2. The van der Waals surface area contributed by atoms with Gasteiger partial charge in [-0.3, -0.25) is 4.79 Å². The van der Waals surface area contributed by atoms with Gasteiger partial charge in [0, 0.05) is 18.9 Å². The van der Waals surface area contributed by atoms with Gasteiger partial charge in [-0.25, -0.2) is 0 Å². The molecule has 2 aromatic carbocycles. The van der Waals surface area contributed by atoms with Crippen molar-refractivity contribution in [1.82, 2.24) is 0 Å². The Morgan fingerprint density at radius 3 is 2.46 bits per heavy atom. The lowest BCUT2D eigenvalue weighted by Gasteiger charge is -2.15. The van der Waals surface area contributed by atoms with Gasteiger partial charge in [0.25, 0.3) is 5.91 Å². The number of anilines is 2. The molecule has 6 nitrogen and oxygen atoms in total. The van der Waals surface area contributed by atoms with Gasteiger partial charge >= 0.3 is 0 Å². The Balaban J connectivity index is 2.21. The van der Waals surface area contributed by atoms with Gasteiger partial charge in [0.05, 0.1) is 11.3 Å². The first-order chi connectivity index (χ1) is 11.5. The lowest BCUT2D eigenvalue weighted by atomic mass is 10.2. The van der Waals surface area contributed by atoms with Crippen LogP contribution < -0.4 is 10.2 Å². The highest BCUT2D eigenvalue weighted by Crippen LogP contribution is 2.19. The summed E-state index contributed by atoms with van der Waals surface area (Å²) in [5.74, 6) is -0.478. The standard InChI is InChI=1S/C18H14N4O2/c1-22(15-6-8-16(23)9-7-15)12-14(11-20)18(24)21-17-5-3-2-4-13(17)10-19/h2-9,12,23H,1H3,(H,21,24)/b14-12-.